The highest BCUT2D eigenvalue weighted by Gasteiger charge is 2.23. The Morgan fingerprint density at radius 2 is 2.00 bits per heavy atom. The Balaban J connectivity index is 2.12. The van der Waals surface area contributed by atoms with Gasteiger partial charge in [0.15, 0.2) is 9.84 Å². The quantitative estimate of drug-likeness (QED) is 0.677. The number of hydrogen-bond donors (Lipinski definition) is 1. The van der Waals surface area contributed by atoms with Gasteiger partial charge in [0, 0.05) is 6.54 Å². The van der Waals surface area contributed by atoms with Gasteiger partial charge in [0.05, 0.1) is 11.5 Å². The molecule has 0 saturated heterocycles. The summed E-state index contributed by atoms with van der Waals surface area (Å²) in [6, 6.07) is 0. The van der Waals surface area contributed by atoms with Gasteiger partial charge in [-0.1, -0.05) is 20.3 Å². The average Bonchev–Trinajstić information content (AvgIpc) is 2.06. The monoisotopic (exact) mass is 233 g/mol. The van der Waals surface area contributed by atoms with Crippen LogP contribution in [0.25, 0.3) is 0 Å². The topological polar surface area (TPSA) is 46.2 Å². The zero-order valence-corrected chi connectivity index (χ0v) is 10.6. The van der Waals surface area contributed by atoms with E-state index in [9.17, 15) is 8.42 Å². The van der Waals surface area contributed by atoms with Crippen molar-refractivity contribution in [2.24, 2.45) is 11.8 Å². The van der Waals surface area contributed by atoms with E-state index in [1.54, 1.807) is 0 Å². The van der Waals surface area contributed by atoms with E-state index in [2.05, 4.69) is 19.2 Å². The fourth-order valence-electron chi connectivity index (χ4n) is 1.72. The van der Waals surface area contributed by atoms with E-state index in [0.29, 0.717) is 29.9 Å². The molecule has 1 saturated carbocycles. The summed E-state index contributed by atoms with van der Waals surface area (Å²) < 4.78 is 23.3. The lowest BCUT2D eigenvalue weighted by atomic mass is 9.87. The molecule has 0 aliphatic heterocycles. The first kappa shape index (κ1) is 13.0. The Kier molecular flexibility index (Phi) is 5.06. The molecule has 0 unspecified atom stereocenters. The van der Waals surface area contributed by atoms with Crippen LogP contribution in [0, 0.1) is 11.8 Å². The first-order chi connectivity index (χ1) is 6.99. The molecular formula is C11H23NO2S. The summed E-state index contributed by atoms with van der Waals surface area (Å²) in [6.45, 7) is 5.75. The summed E-state index contributed by atoms with van der Waals surface area (Å²) in [7, 11) is -2.80. The predicted molar refractivity (Wildman–Crippen MR) is 63.7 cm³/mol. The van der Waals surface area contributed by atoms with Crippen LogP contribution in [-0.4, -0.2) is 33.0 Å². The maximum absolute atomic E-state index is 11.6. The van der Waals surface area contributed by atoms with Gasteiger partial charge >= 0.3 is 0 Å². The molecule has 0 amide bonds. The summed E-state index contributed by atoms with van der Waals surface area (Å²) in [5, 5.41) is 3.17. The Labute approximate surface area is 93.6 Å². The van der Waals surface area contributed by atoms with Crippen molar-refractivity contribution in [3.8, 4) is 0 Å². The van der Waals surface area contributed by atoms with E-state index in [1.807, 2.05) is 0 Å². The minimum Gasteiger partial charge on any atom is -0.315 e. The van der Waals surface area contributed by atoms with Crippen molar-refractivity contribution >= 4 is 9.84 Å². The molecule has 15 heavy (non-hydrogen) atoms. The first-order valence-electron chi connectivity index (χ1n) is 5.91. The van der Waals surface area contributed by atoms with Gasteiger partial charge in [-0.25, -0.2) is 8.42 Å². The molecule has 0 radical (unpaired) electrons. The summed E-state index contributed by atoms with van der Waals surface area (Å²) in [5.74, 6) is 1.76. The van der Waals surface area contributed by atoms with Crippen LogP contribution in [0.5, 0.6) is 0 Å². The SMILES string of the molecule is CC(C)CNCCS(=O)(=O)CC1CCC1. The Morgan fingerprint density at radius 3 is 2.47 bits per heavy atom. The molecule has 0 bridgehead atoms. The highest BCUT2D eigenvalue weighted by atomic mass is 32.2. The molecular weight excluding hydrogens is 210 g/mol. The van der Waals surface area contributed by atoms with Crippen molar-refractivity contribution in [2.45, 2.75) is 33.1 Å². The van der Waals surface area contributed by atoms with Gasteiger partial charge in [-0.3, -0.25) is 0 Å². The van der Waals surface area contributed by atoms with Crippen molar-refractivity contribution < 1.29 is 8.42 Å². The highest BCUT2D eigenvalue weighted by molar-refractivity contribution is 7.91. The lowest BCUT2D eigenvalue weighted by molar-refractivity contribution is 0.347. The van der Waals surface area contributed by atoms with Crippen LogP contribution in [-0.2, 0) is 9.84 Å². The second-order valence-corrected chi connectivity index (χ2v) is 7.24. The molecule has 0 aromatic heterocycles. The third kappa shape index (κ3) is 5.52. The lowest BCUT2D eigenvalue weighted by Crippen LogP contribution is -2.30. The largest absolute Gasteiger partial charge is 0.315 e. The van der Waals surface area contributed by atoms with E-state index in [0.717, 1.165) is 19.4 Å². The Hall–Kier alpha value is -0.0900. The van der Waals surface area contributed by atoms with E-state index >= 15 is 0 Å². The van der Waals surface area contributed by atoms with Gasteiger partial charge in [-0.05, 0) is 31.2 Å². The maximum Gasteiger partial charge on any atom is 0.151 e. The number of rotatable bonds is 7. The van der Waals surface area contributed by atoms with Gasteiger partial charge < -0.3 is 5.32 Å². The molecule has 1 rings (SSSR count). The van der Waals surface area contributed by atoms with Crippen LogP contribution < -0.4 is 5.32 Å². The average molecular weight is 233 g/mol. The zero-order valence-electron chi connectivity index (χ0n) is 9.83. The molecule has 0 heterocycles. The van der Waals surface area contributed by atoms with E-state index < -0.39 is 9.84 Å². The van der Waals surface area contributed by atoms with Gasteiger partial charge in [0.1, 0.15) is 0 Å². The van der Waals surface area contributed by atoms with Crippen LogP contribution in [0.3, 0.4) is 0 Å². The summed E-state index contributed by atoms with van der Waals surface area (Å²) in [5.41, 5.74) is 0. The summed E-state index contributed by atoms with van der Waals surface area (Å²) in [4.78, 5) is 0. The fraction of sp³-hybridized carbons (Fsp3) is 1.00. The molecule has 90 valence electrons. The number of nitrogens with one attached hydrogen (secondary N) is 1. The van der Waals surface area contributed by atoms with Gasteiger partial charge in [-0.15, -0.1) is 0 Å². The molecule has 0 aromatic rings. The van der Waals surface area contributed by atoms with Crippen molar-refractivity contribution in [2.75, 3.05) is 24.6 Å². The minimum absolute atomic E-state index is 0.302. The Bertz CT molecular complexity index is 268. The number of hydrogen-bond acceptors (Lipinski definition) is 3. The van der Waals surface area contributed by atoms with E-state index in [-0.39, 0.29) is 0 Å². The van der Waals surface area contributed by atoms with Crippen LogP contribution in [0.2, 0.25) is 0 Å². The second kappa shape index (κ2) is 5.85. The van der Waals surface area contributed by atoms with Crippen molar-refractivity contribution in [1.29, 1.82) is 0 Å². The fourth-order valence-corrected chi connectivity index (χ4v) is 3.39. The van der Waals surface area contributed by atoms with Crippen LogP contribution in [0.15, 0.2) is 0 Å². The van der Waals surface area contributed by atoms with Gasteiger partial charge in [-0.2, -0.15) is 0 Å². The van der Waals surface area contributed by atoms with Gasteiger partial charge in [0.25, 0.3) is 0 Å². The third-order valence-corrected chi connectivity index (χ3v) is 4.66. The Morgan fingerprint density at radius 1 is 1.33 bits per heavy atom. The van der Waals surface area contributed by atoms with Gasteiger partial charge in [0.2, 0.25) is 0 Å². The molecule has 3 nitrogen and oxygen atoms in total. The maximum atomic E-state index is 11.6. The molecule has 4 heteroatoms. The normalized spacial score (nSPS) is 18.1. The van der Waals surface area contributed by atoms with Crippen LogP contribution >= 0.6 is 0 Å². The first-order valence-corrected chi connectivity index (χ1v) is 7.73. The van der Waals surface area contributed by atoms with Crippen LogP contribution in [0.4, 0.5) is 0 Å². The molecule has 0 atom stereocenters. The molecule has 0 aromatic carbocycles. The van der Waals surface area contributed by atoms with Crippen LogP contribution in [0.1, 0.15) is 33.1 Å². The third-order valence-electron chi connectivity index (χ3n) is 2.86. The van der Waals surface area contributed by atoms with E-state index in [1.165, 1.54) is 6.42 Å². The molecule has 1 fully saturated rings. The minimum atomic E-state index is -2.80. The van der Waals surface area contributed by atoms with Crippen molar-refractivity contribution in [1.82, 2.24) is 5.32 Å². The second-order valence-electron chi connectivity index (χ2n) is 5.01. The summed E-state index contributed by atoms with van der Waals surface area (Å²) in [6.07, 6.45) is 3.43. The highest BCUT2D eigenvalue weighted by Crippen LogP contribution is 2.27. The smallest absolute Gasteiger partial charge is 0.151 e. The predicted octanol–water partition coefficient (Wildman–Crippen LogP) is 1.45. The lowest BCUT2D eigenvalue weighted by Gasteiger charge is -2.24. The van der Waals surface area contributed by atoms with E-state index in [4.69, 9.17) is 0 Å². The van der Waals surface area contributed by atoms with Crippen molar-refractivity contribution in [3.63, 3.8) is 0 Å². The zero-order chi connectivity index (χ0) is 11.3. The standard InChI is InChI=1S/C11H23NO2S/c1-10(2)8-12-6-7-15(13,14)9-11-4-3-5-11/h10-12H,3-9H2,1-2H3. The molecule has 1 aliphatic carbocycles. The molecule has 1 aliphatic rings. The van der Waals surface area contributed by atoms with Crippen molar-refractivity contribution in [3.05, 3.63) is 0 Å². The number of sulfone groups is 1. The molecule has 1 N–H and O–H groups in total. The summed E-state index contributed by atoms with van der Waals surface area (Å²) >= 11 is 0. The molecule has 0 spiro atoms.